The van der Waals surface area contributed by atoms with Gasteiger partial charge in [0.25, 0.3) is 0 Å². The minimum atomic E-state index is -0.522. The number of benzene rings is 1. The lowest BCUT2D eigenvalue weighted by Gasteiger charge is -2.35. The van der Waals surface area contributed by atoms with Crippen LogP contribution in [0.5, 0.6) is 6.01 Å². The van der Waals surface area contributed by atoms with Gasteiger partial charge in [0.15, 0.2) is 5.82 Å². The van der Waals surface area contributed by atoms with Crippen LogP contribution in [0.1, 0.15) is 63.4 Å². The van der Waals surface area contributed by atoms with Gasteiger partial charge in [-0.15, -0.1) is 0 Å². The molecule has 14 heteroatoms. The Kier molecular flexibility index (Phi) is 12.2. The number of carbonyl (C=O) groups is 1. The average molecular weight is 763 g/mol. The Hall–Kier alpha value is -3.96. The highest BCUT2D eigenvalue weighted by Crippen LogP contribution is 2.48. The molecular formula is C40H49ClF2N8O3. The minimum Gasteiger partial charge on any atom is -0.467 e. The molecule has 5 aliphatic heterocycles. The van der Waals surface area contributed by atoms with Gasteiger partial charge in [0, 0.05) is 87.2 Å². The number of carbonyl (C=O) groups excluding carboxylic acids is 1. The van der Waals surface area contributed by atoms with Crippen LogP contribution in [0, 0.1) is 17.1 Å². The fourth-order valence-corrected chi connectivity index (χ4v) is 8.96. The predicted molar refractivity (Wildman–Crippen MR) is 204 cm³/mol. The lowest BCUT2D eigenvalue weighted by molar-refractivity contribution is -0.126. The molecule has 2 aromatic heterocycles. The molecule has 288 valence electrons. The minimum absolute atomic E-state index is 0.00530. The molecule has 0 N–H and O–H groups in total. The first-order chi connectivity index (χ1) is 26.3. The quantitative estimate of drug-likeness (QED) is 0.260. The molecule has 1 aliphatic carbocycles. The third-order valence-electron chi connectivity index (χ3n) is 11.4. The highest BCUT2D eigenvalue weighted by Gasteiger charge is 2.37. The van der Waals surface area contributed by atoms with E-state index in [0.29, 0.717) is 78.6 Å². The van der Waals surface area contributed by atoms with E-state index >= 15 is 4.39 Å². The zero-order valence-electron chi connectivity index (χ0n) is 31.1. The van der Waals surface area contributed by atoms with Crippen LogP contribution in [0.15, 0.2) is 36.5 Å². The molecule has 7 heterocycles. The van der Waals surface area contributed by atoms with Crippen molar-refractivity contribution in [3.05, 3.63) is 53.0 Å². The van der Waals surface area contributed by atoms with Gasteiger partial charge >= 0.3 is 6.01 Å². The highest BCUT2D eigenvalue weighted by atomic mass is 35.5. The van der Waals surface area contributed by atoms with Gasteiger partial charge in [-0.25, -0.2) is 8.78 Å². The van der Waals surface area contributed by atoms with Crippen molar-refractivity contribution in [2.45, 2.75) is 82.1 Å². The van der Waals surface area contributed by atoms with Crippen LogP contribution in [0.3, 0.4) is 0 Å². The van der Waals surface area contributed by atoms with Crippen LogP contribution >= 0.6 is 11.6 Å². The lowest BCUT2D eigenvalue weighted by atomic mass is 9.99. The number of nitrogens with zero attached hydrogens (tertiary/aromatic N) is 8. The molecule has 6 fully saturated rings. The summed E-state index contributed by atoms with van der Waals surface area (Å²) in [6.45, 7) is 7.78. The fourth-order valence-electron chi connectivity index (χ4n) is 8.63. The predicted octanol–water partition coefficient (Wildman–Crippen LogP) is 6.16. The Labute approximate surface area is 320 Å². The van der Waals surface area contributed by atoms with Crippen molar-refractivity contribution in [1.82, 2.24) is 29.7 Å². The number of pyridine rings is 1. The fraction of sp³-hybridized carbons (Fsp3) is 0.575. The van der Waals surface area contributed by atoms with E-state index in [1.165, 1.54) is 39.7 Å². The largest absolute Gasteiger partial charge is 0.467 e. The standard InChI is InChI=1S/C31H34ClFN6O3.C7H12FN.C2H3N/c1-41-31-35-29-23(16-34-28(27(29)33)22-4-2-5-24(32)26(22)19-7-8-19)30(36-31)38-14-12-37(13-15-38)25(40)6-3-11-39-20-9-10-21(39)18-42-17-20;8-6-4-7-2-1-3-9(7)5-6;1-2-3/h2-6,16,19-21H,7-15,17-18H2,1H3;6-7H,1-5H2;1H3/b6-3+;;/t20-,21?;;/m1../s1. The van der Waals surface area contributed by atoms with Gasteiger partial charge in [-0.2, -0.15) is 15.2 Å². The van der Waals surface area contributed by atoms with Crippen LogP contribution in [0.25, 0.3) is 22.2 Å². The number of rotatable bonds is 7. The van der Waals surface area contributed by atoms with Gasteiger partial charge in [0.05, 0.1) is 31.8 Å². The summed E-state index contributed by atoms with van der Waals surface area (Å²) >= 11 is 6.53. The summed E-state index contributed by atoms with van der Waals surface area (Å²) in [6, 6.07) is 8.91. The van der Waals surface area contributed by atoms with E-state index in [1.807, 2.05) is 34.1 Å². The second-order valence-corrected chi connectivity index (χ2v) is 15.3. The molecule has 2 bridgehead atoms. The number of hydrogen-bond acceptors (Lipinski definition) is 10. The SMILES string of the molecule is CC#N.COc1nc(N2CCN(C(=O)/C=C/CN3C4CC[C@@H]3COC4)CC2)c2cnc(-c3cccc(Cl)c3C3CC3)c(F)c2n1.FC1CC2CCCN2C1. The summed E-state index contributed by atoms with van der Waals surface area (Å²) in [7, 11) is 1.47. The Balaban J connectivity index is 0.000000320. The number of nitriles is 1. The van der Waals surface area contributed by atoms with Gasteiger partial charge in [-0.1, -0.05) is 29.8 Å². The molecular weight excluding hydrogens is 714 g/mol. The number of alkyl halides is 1. The average Bonchev–Trinajstić information content (AvgIpc) is 3.76. The van der Waals surface area contributed by atoms with E-state index in [9.17, 15) is 9.18 Å². The van der Waals surface area contributed by atoms with E-state index < -0.39 is 12.0 Å². The van der Waals surface area contributed by atoms with Gasteiger partial charge < -0.3 is 19.3 Å². The molecule has 1 saturated carbocycles. The smallest absolute Gasteiger partial charge is 0.318 e. The Bertz CT molecular complexity index is 1850. The number of piperazine rings is 1. The Morgan fingerprint density at radius 1 is 1.07 bits per heavy atom. The van der Waals surface area contributed by atoms with E-state index in [4.69, 9.17) is 26.3 Å². The zero-order chi connectivity index (χ0) is 37.8. The zero-order valence-corrected chi connectivity index (χ0v) is 31.9. The number of aromatic nitrogens is 3. The molecule has 0 spiro atoms. The van der Waals surface area contributed by atoms with Crippen molar-refractivity contribution in [3.63, 3.8) is 0 Å². The molecule has 54 heavy (non-hydrogen) atoms. The van der Waals surface area contributed by atoms with Crippen LogP contribution in [0.2, 0.25) is 5.02 Å². The second kappa shape index (κ2) is 17.2. The Morgan fingerprint density at radius 2 is 1.81 bits per heavy atom. The summed E-state index contributed by atoms with van der Waals surface area (Å²) in [5, 5.41) is 8.46. The van der Waals surface area contributed by atoms with Crippen molar-refractivity contribution in [2.75, 3.05) is 71.0 Å². The molecule has 0 radical (unpaired) electrons. The number of ether oxygens (including phenoxy) is 2. The first-order valence-electron chi connectivity index (χ1n) is 19.2. The van der Waals surface area contributed by atoms with Gasteiger partial charge in [-0.05, 0) is 69.0 Å². The molecule has 3 unspecified atom stereocenters. The summed E-state index contributed by atoms with van der Waals surface area (Å²) in [5.74, 6) is 0.357. The van der Waals surface area contributed by atoms with E-state index in [0.717, 1.165) is 51.1 Å². The summed E-state index contributed by atoms with van der Waals surface area (Å²) in [5.41, 5.74) is 2.02. The monoisotopic (exact) mass is 762 g/mol. The number of amides is 1. The molecule has 6 aliphatic rings. The van der Waals surface area contributed by atoms with Crippen molar-refractivity contribution in [1.29, 1.82) is 5.26 Å². The third-order valence-corrected chi connectivity index (χ3v) is 11.8. The van der Waals surface area contributed by atoms with Crippen molar-refractivity contribution in [3.8, 4) is 23.3 Å². The number of methoxy groups -OCH3 is 1. The molecule has 1 aromatic carbocycles. The van der Waals surface area contributed by atoms with E-state index in [1.54, 1.807) is 18.3 Å². The van der Waals surface area contributed by atoms with Crippen molar-refractivity contribution < 1.29 is 23.0 Å². The lowest BCUT2D eigenvalue weighted by Crippen LogP contribution is -2.49. The van der Waals surface area contributed by atoms with Gasteiger partial charge in [0.2, 0.25) is 5.91 Å². The number of morpholine rings is 1. The summed E-state index contributed by atoms with van der Waals surface area (Å²) in [6.07, 6.45) is 12.5. The number of fused-ring (bicyclic) bond motifs is 4. The molecule has 4 atom stereocenters. The summed E-state index contributed by atoms with van der Waals surface area (Å²) in [4.78, 5) is 35.1. The Morgan fingerprint density at radius 3 is 2.50 bits per heavy atom. The maximum Gasteiger partial charge on any atom is 0.318 e. The van der Waals surface area contributed by atoms with Crippen molar-refractivity contribution >= 4 is 34.2 Å². The van der Waals surface area contributed by atoms with Crippen LogP contribution in [0.4, 0.5) is 14.6 Å². The molecule has 3 aromatic rings. The van der Waals surface area contributed by atoms with Crippen LogP contribution < -0.4 is 9.64 Å². The number of anilines is 1. The molecule has 1 amide bonds. The second-order valence-electron chi connectivity index (χ2n) is 14.9. The van der Waals surface area contributed by atoms with Crippen molar-refractivity contribution in [2.24, 2.45) is 0 Å². The first kappa shape index (κ1) is 38.3. The van der Waals surface area contributed by atoms with E-state index in [-0.39, 0.29) is 23.1 Å². The highest BCUT2D eigenvalue weighted by molar-refractivity contribution is 6.32. The first-order valence-corrected chi connectivity index (χ1v) is 19.6. The third kappa shape index (κ3) is 8.32. The van der Waals surface area contributed by atoms with Crippen LogP contribution in [-0.4, -0.2) is 126 Å². The number of hydrogen-bond donors (Lipinski definition) is 0. The maximum absolute atomic E-state index is 16.1. The van der Waals surface area contributed by atoms with Gasteiger partial charge in [0.1, 0.15) is 23.2 Å². The number of halogens is 3. The maximum atomic E-state index is 16.1. The molecule has 5 saturated heterocycles. The molecule has 11 nitrogen and oxygen atoms in total. The summed E-state index contributed by atoms with van der Waals surface area (Å²) < 4.78 is 39.8. The normalized spacial score (nSPS) is 25.2. The topological polar surface area (TPSA) is 111 Å². The molecule has 9 rings (SSSR count). The van der Waals surface area contributed by atoms with Gasteiger partial charge in [-0.3, -0.25) is 19.6 Å². The van der Waals surface area contributed by atoms with Crippen LogP contribution in [-0.2, 0) is 9.53 Å². The van der Waals surface area contributed by atoms with E-state index in [2.05, 4.69) is 24.8 Å².